The van der Waals surface area contributed by atoms with Gasteiger partial charge in [-0.05, 0) is 25.0 Å². The SMILES string of the molecule is O=C(CO[C@H]1CN(c2ncccn2)Cc2ccnn2C1)N1CCCC1. The molecule has 8 heteroatoms. The van der Waals surface area contributed by atoms with Gasteiger partial charge in [0, 0.05) is 38.2 Å². The van der Waals surface area contributed by atoms with Crippen LogP contribution in [0.15, 0.2) is 30.7 Å². The molecule has 4 rings (SSSR count). The van der Waals surface area contributed by atoms with E-state index in [0.29, 0.717) is 25.6 Å². The lowest BCUT2D eigenvalue weighted by molar-refractivity contribution is -0.137. The average molecular weight is 342 g/mol. The van der Waals surface area contributed by atoms with Crippen molar-refractivity contribution < 1.29 is 9.53 Å². The number of anilines is 1. The molecule has 2 aromatic heterocycles. The summed E-state index contributed by atoms with van der Waals surface area (Å²) >= 11 is 0. The zero-order valence-electron chi connectivity index (χ0n) is 14.1. The predicted molar refractivity (Wildman–Crippen MR) is 90.9 cm³/mol. The summed E-state index contributed by atoms with van der Waals surface area (Å²) in [5, 5.41) is 4.37. The summed E-state index contributed by atoms with van der Waals surface area (Å²) in [4.78, 5) is 24.9. The molecule has 0 bridgehead atoms. The lowest BCUT2D eigenvalue weighted by Gasteiger charge is -2.24. The summed E-state index contributed by atoms with van der Waals surface area (Å²) in [6.45, 7) is 3.73. The number of nitrogens with zero attached hydrogens (tertiary/aromatic N) is 6. The van der Waals surface area contributed by atoms with Crippen LogP contribution in [0.2, 0.25) is 0 Å². The fourth-order valence-corrected chi connectivity index (χ4v) is 3.37. The Hall–Kier alpha value is -2.48. The van der Waals surface area contributed by atoms with Gasteiger partial charge in [-0.1, -0.05) is 0 Å². The monoisotopic (exact) mass is 342 g/mol. The maximum Gasteiger partial charge on any atom is 0.248 e. The molecule has 0 radical (unpaired) electrons. The molecule has 1 fully saturated rings. The Morgan fingerprint density at radius 3 is 2.76 bits per heavy atom. The van der Waals surface area contributed by atoms with Gasteiger partial charge >= 0.3 is 0 Å². The Bertz CT molecular complexity index is 713. The number of rotatable bonds is 4. The highest BCUT2D eigenvalue weighted by Crippen LogP contribution is 2.18. The van der Waals surface area contributed by atoms with Crippen LogP contribution in [-0.2, 0) is 22.6 Å². The maximum atomic E-state index is 12.3. The van der Waals surface area contributed by atoms with Crippen molar-refractivity contribution in [3.8, 4) is 0 Å². The van der Waals surface area contributed by atoms with Gasteiger partial charge < -0.3 is 14.5 Å². The summed E-state index contributed by atoms with van der Waals surface area (Å²) in [5.74, 6) is 0.738. The summed E-state index contributed by atoms with van der Waals surface area (Å²) in [6, 6.07) is 3.79. The van der Waals surface area contributed by atoms with Gasteiger partial charge in [-0.3, -0.25) is 9.48 Å². The number of ether oxygens (including phenoxy) is 1. The number of carbonyl (C=O) groups excluding carboxylic acids is 1. The Morgan fingerprint density at radius 1 is 1.16 bits per heavy atom. The third kappa shape index (κ3) is 3.63. The van der Waals surface area contributed by atoms with Crippen molar-refractivity contribution in [3.05, 3.63) is 36.4 Å². The third-order valence-electron chi connectivity index (χ3n) is 4.69. The molecule has 0 N–H and O–H groups in total. The number of aromatic nitrogens is 4. The maximum absolute atomic E-state index is 12.3. The van der Waals surface area contributed by atoms with Crippen molar-refractivity contribution in [3.63, 3.8) is 0 Å². The quantitative estimate of drug-likeness (QED) is 0.814. The Balaban J connectivity index is 1.46. The standard InChI is InChI=1S/C17H22N6O2/c24-16(21-8-1-2-9-21)13-25-15-11-22(17-18-5-3-6-19-17)10-14-4-7-20-23(14)12-15/h3-7,15H,1-2,8-13H2/t15-/m0/s1. The average Bonchev–Trinajstić information content (AvgIpc) is 3.29. The molecule has 0 spiro atoms. The van der Waals surface area contributed by atoms with Gasteiger partial charge in [0.15, 0.2) is 0 Å². The van der Waals surface area contributed by atoms with Crippen molar-refractivity contribution in [1.82, 2.24) is 24.6 Å². The second-order valence-corrected chi connectivity index (χ2v) is 6.45. The van der Waals surface area contributed by atoms with Crippen LogP contribution in [0.5, 0.6) is 0 Å². The molecule has 25 heavy (non-hydrogen) atoms. The molecule has 0 saturated carbocycles. The van der Waals surface area contributed by atoms with Crippen molar-refractivity contribution in [2.24, 2.45) is 0 Å². The molecule has 1 saturated heterocycles. The minimum atomic E-state index is -0.142. The number of amides is 1. The van der Waals surface area contributed by atoms with Gasteiger partial charge in [0.2, 0.25) is 11.9 Å². The number of hydrogen-bond acceptors (Lipinski definition) is 6. The summed E-state index contributed by atoms with van der Waals surface area (Å²) in [5.41, 5.74) is 1.09. The highest BCUT2D eigenvalue weighted by molar-refractivity contribution is 5.77. The van der Waals surface area contributed by atoms with E-state index in [9.17, 15) is 4.79 Å². The second kappa shape index (κ2) is 7.18. The van der Waals surface area contributed by atoms with E-state index in [2.05, 4.69) is 20.0 Å². The van der Waals surface area contributed by atoms with Crippen LogP contribution >= 0.6 is 0 Å². The van der Waals surface area contributed by atoms with E-state index < -0.39 is 0 Å². The van der Waals surface area contributed by atoms with Crippen LogP contribution in [0.3, 0.4) is 0 Å². The van der Waals surface area contributed by atoms with Gasteiger partial charge in [-0.15, -0.1) is 0 Å². The smallest absolute Gasteiger partial charge is 0.248 e. The van der Waals surface area contributed by atoms with E-state index in [-0.39, 0.29) is 18.6 Å². The minimum absolute atomic E-state index is 0.0740. The summed E-state index contributed by atoms with van der Waals surface area (Å²) < 4.78 is 7.90. The number of likely N-dealkylation sites (tertiary alicyclic amines) is 1. The van der Waals surface area contributed by atoms with Crippen molar-refractivity contribution >= 4 is 11.9 Å². The molecule has 0 aliphatic carbocycles. The van der Waals surface area contributed by atoms with E-state index in [1.54, 1.807) is 24.7 Å². The molecule has 2 aliphatic heterocycles. The molecule has 1 atom stereocenters. The van der Waals surface area contributed by atoms with Crippen LogP contribution in [0, 0.1) is 0 Å². The van der Waals surface area contributed by atoms with E-state index in [1.165, 1.54) is 0 Å². The van der Waals surface area contributed by atoms with Crippen LogP contribution in [0.25, 0.3) is 0 Å². The molecule has 132 valence electrons. The van der Waals surface area contributed by atoms with E-state index >= 15 is 0 Å². The first-order valence-corrected chi connectivity index (χ1v) is 8.71. The predicted octanol–water partition coefficient (Wildman–Crippen LogP) is 0.701. The number of fused-ring (bicyclic) bond motifs is 1. The molecule has 0 unspecified atom stereocenters. The molecule has 4 heterocycles. The zero-order chi connectivity index (χ0) is 17.1. The first-order valence-electron chi connectivity index (χ1n) is 8.71. The molecule has 0 aromatic carbocycles. The fourth-order valence-electron chi connectivity index (χ4n) is 3.37. The van der Waals surface area contributed by atoms with Gasteiger partial charge in [-0.25, -0.2) is 9.97 Å². The molecular weight excluding hydrogens is 320 g/mol. The summed E-state index contributed by atoms with van der Waals surface area (Å²) in [7, 11) is 0. The van der Waals surface area contributed by atoms with Gasteiger partial charge in [-0.2, -0.15) is 5.10 Å². The molecule has 8 nitrogen and oxygen atoms in total. The first-order chi connectivity index (χ1) is 12.3. The van der Waals surface area contributed by atoms with Gasteiger partial charge in [0.25, 0.3) is 0 Å². The van der Waals surface area contributed by atoms with Crippen LogP contribution in [0.1, 0.15) is 18.5 Å². The highest BCUT2D eigenvalue weighted by Gasteiger charge is 2.26. The largest absolute Gasteiger partial charge is 0.365 e. The topological polar surface area (TPSA) is 76.4 Å². The van der Waals surface area contributed by atoms with Gasteiger partial charge in [0.05, 0.1) is 24.9 Å². The Kier molecular flexibility index (Phi) is 4.60. The number of hydrogen-bond donors (Lipinski definition) is 0. The van der Waals surface area contributed by atoms with Crippen molar-refractivity contribution in [2.75, 3.05) is 31.1 Å². The Labute approximate surface area is 146 Å². The highest BCUT2D eigenvalue weighted by atomic mass is 16.5. The first kappa shape index (κ1) is 16.0. The van der Waals surface area contributed by atoms with Crippen molar-refractivity contribution in [2.45, 2.75) is 32.0 Å². The number of carbonyl (C=O) groups is 1. The van der Waals surface area contributed by atoms with E-state index in [4.69, 9.17) is 4.74 Å². The van der Waals surface area contributed by atoms with Crippen LogP contribution in [0.4, 0.5) is 5.95 Å². The zero-order valence-corrected chi connectivity index (χ0v) is 14.1. The van der Waals surface area contributed by atoms with Gasteiger partial charge in [0.1, 0.15) is 6.61 Å². The minimum Gasteiger partial charge on any atom is -0.365 e. The lowest BCUT2D eigenvalue weighted by Crippen LogP contribution is -2.38. The van der Waals surface area contributed by atoms with Crippen molar-refractivity contribution in [1.29, 1.82) is 0 Å². The molecular formula is C17H22N6O2. The van der Waals surface area contributed by atoms with Crippen LogP contribution < -0.4 is 4.90 Å². The van der Waals surface area contributed by atoms with Crippen LogP contribution in [-0.4, -0.2) is 62.9 Å². The molecule has 2 aromatic rings. The van der Waals surface area contributed by atoms with E-state index in [1.807, 2.05) is 15.6 Å². The Morgan fingerprint density at radius 2 is 1.96 bits per heavy atom. The normalized spacial score (nSPS) is 20.4. The fraction of sp³-hybridized carbons (Fsp3) is 0.529. The molecule has 1 amide bonds. The molecule has 2 aliphatic rings. The van der Waals surface area contributed by atoms with E-state index in [0.717, 1.165) is 31.6 Å². The second-order valence-electron chi connectivity index (χ2n) is 6.45. The summed E-state index contributed by atoms with van der Waals surface area (Å²) in [6.07, 6.45) is 7.29. The lowest BCUT2D eigenvalue weighted by atomic mass is 10.3. The third-order valence-corrected chi connectivity index (χ3v) is 4.69.